The van der Waals surface area contributed by atoms with Crippen molar-refractivity contribution < 1.29 is 4.79 Å². The maximum Gasteiger partial charge on any atom is 0.273 e. The van der Waals surface area contributed by atoms with E-state index in [4.69, 9.17) is 12.2 Å². The Balaban J connectivity index is 2.04. The molecule has 0 aliphatic carbocycles. The fraction of sp³-hybridized carbons (Fsp3) is 0.176. The average molecular weight is 311 g/mol. The van der Waals surface area contributed by atoms with Crippen molar-refractivity contribution in [2.45, 2.75) is 20.8 Å². The van der Waals surface area contributed by atoms with Crippen LogP contribution in [-0.2, 0) is 4.79 Å². The van der Waals surface area contributed by atoms with Crippen LogP contribution in [-0.4, -0.2) is 15.6 Å². The zero-order chi connectivity index (χ0) is 15.9. The minimum atomic E-state index is -0.190. The van der Waals surface area contributed by atoms with Gasteiger partial charge in [-0.2, -0.15) is 0 Å². The van der Waals surface area contributed by atoms with Crippen molar-refractivity contribution in [3.05, 3.63) is 58.5 Å². The van der Waals surface area contributed by atoms with Crippen LogP contribution in [0, 0.1) is 20.8 Å². The van der Waals surface area contributed by atoms with Gasteiger partial charge in [0.15, 0.2) is 5.11 Å². The highest BCUT2D eigenvalue weighted by Crippen LogP contribution is 2.23. The molecule has 0 unspecified atom stereocenters. The van der Waals surface area contributed by atoms with Gasteiger partial charge in [-0.15, -0.1) is 0 Å². The van der Waals surface area contributed by atoms with Crippen molar-refractivity contribution in [1.82, 2.24) is 15.2 Å². The molecule has 2 aromatic rings. The van der Waals surface area contributed by atoms with Gasteiger partial charge in [-0.25, -0.2) is 0 Å². The van der Waals surface area contributed by atoms with Crippen LogP contribution < -0.4 is 10.6 Å². The zero-order valence-electron chi connectivity index (χ0n) is 12.7. The number of thiocarbonyl (C=S) groups is 1. The summed E-state index contributed by atoms with van der Waals surface area (Å²) in [6.45, 7) is 6.17. The Morgan fingerprint density at radius 1 is 1.09 bits per heavy atom. The van der Waals surface area contributed by atoms with Gasteiger partial charge in [-0.05, 0) is 62.8 Å². The Kier molecular flexibility index (Phi) is 3.58. The molecule has 0 atom stereocenters. The molecule has 0 spiro atoms. The summed E-state index contributed by atoms with van der Waals surface area (Å²) in [5, 5.41) is 5.80. The third kappa shape index (κ3) is 2.55. The second-order valence-corrected chi connectivity index (χ2v) is 5.87. The van der Waals surface area contributed by atoms with Crippen molar-refractivity contribution >= 4 is 29.3 Å². The first kappa shape index (κ1) is 14.5. The largest absolute Gasteiger partial charge is 0.328 e. The number of hydrogen-bond acceptors (Lipinski definition) is 2. The molecule has 1 aliphatic heterocycles. The highest BCUT2D eigenvalue weighted by molar-refractivity contribution is 7.80. The number of nitrogens with one attached hydrogen (secondary N) is 2. The second kappa shape index (κ2) is 5.42. The lowest BCUT2D eigenvalue weighted by Crippen LogP contribution is -2.21. The summed E-state index contributed by atoms with van der Waals surface area (Å²) in [6.07, 6.45) is 1.83. The Morgan fingerprint density at radius 2 is 1.77 bits per heavy atom. The van der Waals surface area contributed by atoms with Gasteiger partial charge in [0.1, 0.15) is 5.70 Å². The number of aromatic nitrogens is 1. The Labute approximate surface area is 134 Å². The molecule has 0 bridgehead atoms. The average Bonchev–Trinajstić information content (AvgIpc) is 2.92. The van der Waals surface area contributed by atoms with Crippen molar-refractivity contribution in [2.75, 3.05) is 0 Å². The van der Waals surface area contributed by atoms with E-state index in [1.807, 2.05) is 13.0 Å². The molecular weight excluding hydrogens is 294 g/mol. The molecule has 5 heteroatoms. The van der Waals surface area contributed by atoms with Gasteiger partial charge in [0.05, 0.1) is 0 Å². The van der Waals surface area contributed by atoms with Gasteiger partial charge >= 0.3 is 0 Å². The van der Waals surface area contributed by atoms with E-state index in [0.717, 1.165) is 22.6 Å². The number of rotatable bonds is 2. The van der Waals surface area contributed by atoms with Gasteiger partial charge in [-0.3, -0.25) is 10.1 Å². The van der Waals surface area contributed by atoms with Crippen LogP contribution in [0.4, 0.5) is 0 Å². The van der Waals surface area contributed by atoms with E-state index in [0.29, 0.717) is 10.8 Å². The van der Waals surface area contributed by atoms with Gasteiger partial charge in [0.2, 0.25) is 0 Å². The predicted octanol–water partition coefficient (Wildman–Crippen LogP) is 2.75. The normalized spacial score (nSPS) is 16.0. The first-order valence-electron chi connectivity index (χ1n) is 7.06. The van der Waals surface area contributed by atoms with Crippen molar-refractivity contribution in [3.63, 3.8) is 0 Å². The quantitative estimate of drug-likeness (QED) is 0.662. The molecular formula is C17H17N3OS. The molecule has 3 rings (SSSR count). The molecule has 112 valence electrons. The number of nitrogens with zero attached hydrogens (tertiary/aromatic N) is 1. The number of benzene rings is 1. The standard InChI is InChI=1S/C17H17N3OS/c1-10-4-6-14(7-5-10)20-11(2)8-13(12(20)3)9-15-16(21)19-17(22)18-15/h4-9H,1-3H3,(H2,18,19,21,22)/b15-9+. The van der Waals surface area contributed by atoms with Gasteiger partial charge in [0, 0.05) is 17.1 Å². The summed E-state index contributed by atoms with van der Waals surface area (Å²) < 4.78 is 2.18. The third-order valence-electron chi connectivity index (χ3n) is 3.78. The molecule has 4 nitrogen and oxygen atoms in total. The predicted molar refractivity (Wildman–Crippen MR) is 91.8 cm³/mol. The van der Waals surface area contributed by atoms with E-state index in [9.17, 15) is 4.79 Å². The topological polar surface area (TPSA) is 46.1 Å². The highest BCUT2D eigenvalue weighted by Gasteiger charge is 2.21. The van der Waals surface area contributed by atoms with Crippen molar-refractivity contribution in [2.24, 2.45) is 0 Å². The van der Waals surface area contributed by atoms with E-state index in [-0.39, 0.29) is 5.91 Å². The first-order valence-corrected chi connectivity index (χ1v) is 7.46. The van der Waals surface area contributed by atoms with Gasteiger partial charge in [-0.1, -0.05) is 17.7 Å². The molecule has 1 saturated heterocycles. The lowest BCUT2D eigenvalue weighted by atomic mass is 10.2. The molecule has 0 saturated carbocycles. The number of amides is 1. The summed E-state index contributed by atoms with van der Waals surface area (Å²) in [4.78, 5) is 11.8. The molecule has 0 radical (unpaired) electrons. The maximum absolute atomic E-state index is 11.8. The fourth-order valence-electron chi connectivity index (χ4n) is 2.66. The van der Waals surface area contributed by atoms with Crippen LogP contribution in [0.5, 0.6) is 0 Å². The molecule has 2 heterocycles. The summed E-state index contributed by atoms with van der Waals surface area (Å²) in [7, 11) is 0. The summed E-state index contributed by atoms with van der Waals surface area (Å²) >= 11 is 4.95. The van der Waals surface area contributed by atoms with Gasteiger partial charge in [0.25, 0.3) is 5.91 Å². The lowest BCUT2D eigenvalue weighted by molar-refractivity contribution is -0.115. The van der Waals surface area contributed by atoms with Crippen LogP contribution >= 0.6 is 12.2 Å². The van der Waals surface area contributed by atoms with E-state index in [2.05, 4.69) is 59.4 Å². The molecule has 2 N–H and O–H groups in total. The number of aryl methyl sites for hydroxylation is 2. The Morgan fingerprint density at radius 3 is 2.36 bits per heavy atom. The van der Waals surface area contributed by atoms with E-state index in [1.165, 1.54) is 5.56 Å². The molecule has 1 aromatic carbocycles. The Hall–Kier alpha value is -2.40. The lowest BCUT2D eigenvalue weighted by Gasteiger charge is -2.10. The summed E-state index contributed by atoms with van der Waals surface area (Å²) in [6, 6.07) is 10.5. The minimum Gasteiger partial charge on any atom is -0.328 e. The molecule has 1 fully saturated rings. The van der Waals surface area contributed by atoms with Crippen LogP contribution in [0.1, 0.15) is 22.5 Å². The van der Waals surface area contributed by atoms with E-state index in [1.54, 1.807) is 0 Å². The van der Waals surface area contributed by atoms with Crippen LogP contribution in [0.15, 0.2) is 36.0 Å². The fourth-order valence-corrected chi connectivity index (χ4v) is 2.87. The zero-order valence-corrected chi connectivity index (χ0v) is 13.5. The van der Waals surface area contributed by atoms with Crippen LogP contribution in [0.25, 0.3) is 11.8 Å². The number of carbonyl (C=O) groups is 1. The second-order valence-electron chi connectivity index (χ2n) is 5.46. The van der Waals surface area contributed by atoms with Crippen LogP contribution in [0.2, 0.25) is 0 Å². The number of hydrogen-bond donors (Lipinski definition) is 2. The molecule has 1 aromatic heterocycles. The van der Waals surface area contributed by atoms with Crippen molar-refractivity contribution in [1.29, 1.82) is 0 Å². The number of carbonyl (C=O) groups excluding carboxylic acids is 1. The highest BCUT2D eigenvalue weighted by atomic mass is 32.1. The minimum absolute atomic E-state index is 0.190. The van der Waals surface area contributed by atoms with E-state index >= 15 is 0 Å². The molecule has 1 aliphatic rings. The SMILES string of the molecule is Cc1ccc(-n2c(C)cc(/C=C3/NC(=S)NC3=O)c2C)cc1. The summed E-state index contributed by atoms with van der Waals surface area (Å²) in [5.74, 6) is -0.190. The third-order valence-corrected chi connectivity index (χ3v) is 3.99. The molecule has 1 amide bonds. The maximum atomic E-state index is 11.8. The van der Waals surface area contributed by atoms with Gasteiger partial charge < -0.3 is 9.88 Å². The van der Waals surface area contributed by atoms with E-state index < -0.39 is 0 Å². The van der Waals surface area contributed by atoms with Crippen molar-refractivity contribution in [3.8, 4) is 5.69 Å². The monoisotopic (exact) mass is 311 g/mol. The smallest absolute Gasteiger partial charge is 0.273 e. The van der Waals surface area contributed by atoms with Crippen LogP contribution in [0.3, 0.4) is 0 Å². The molecule has 22 heavy (non-hydrogen) atoms. The Bertz CT molecular complexity index is 800. The first-order chi connectivity index (χ1) is 10.5. The summed E-state index contributed by atoms with van der Waals surface area (Å²) in [5.41, 5.74) is 6.03.